The summed E-state index contributed by atoms with van der Waals surface area (Å²) in [6, 6.07) is 7.45. The molecule has 1 aromatic heterocycles. The summed E-state index contributed by atoms with van der Waals surface area (Å²) in [5.41, 5.74) is 4.69. The number of rotatable bonds is 5. The normalized spacial score (nSPS) is 10.4. The molecule has 0 saturated heterocycles. The molecule has 0 unspecified atom stereocenters. The Morgan fingerprint density at radius 1 is 1.26 bits per heavy atom. The summed E-state index contributed by atoms with van der Waals surface area (Å²) in [7, 11) is 0. The van der Waals surface area contributed by atoms with Crippen LogP contribution in [-0.4, -0.2) is 31.6 Å². The van der Waals surface area contributed by atoms with Crippen molar-refractivity contribution >= 4 is 35.0 Å². The maximum Gasteiger partial charge on any atom is 0.257 e. The van der Waals surface area contributed by atoms with Gasteiger partial charge in [0.25, 0.3) is 5.91 Å². The van der Waals surface area contributed by atoms with Crippen LogP contribution >= 0.6 is 24.0 Å². The Balaban J connectivity index is 2.01. The van der Waals surface area contributed by atoms with E-state index in [1.54, 1.807) is 16.8 Å². The van der Waals surface area contributed by atoms with Crippen molar-refractivity contribution in [1.29, 1.82) is 0 Å². The van der Waals surface area contributed by atoms with Gasteiger partial charge < -0.3 is 0 Å². The van der Waals surface area contributed by atoms with Crippen LogP contribution in [-0.2, 0) is 6.42 Å². The predicted molar refractivity (Wildman–Crippen MR) is 96.4 cm³/mol. The molecule has 0 aliphatic heterocycles. The molecule has 0 saturated carbocycles. The van der Waals surface area contributed by atoms with E-state index in [2.05, 4.69) is 27.9 Å². The van der Waals surface area contributed by atoms with E-state index in [1.165, 1.54) is 17.3 Å². The molecule has 23 heavy (non-hydrogen) atoms. The van der Waals surface area contributed by atoms with Gasteiger partial charge in [0.15, 0.2) is 5.11 Å². The van der Waals surface area contributed by atoms with E-state index < -0.39 is 0 Å². The third-order valence-electron chi connectivity index (χ3n) is 3.13. The molecule has 0 aliphatic carbocycles. The van der Waals surface area contributed by atoms with Crippen LogP contribution in [0.25, 0.3) is 0 Å². The van der Waals surface area contributed by atoms with Gasteiger partial charge in [-0.1, -0.05) is 37.7 Å². The van der Waals surface area contributed by atoms with Crippen LogP contribution in [0.2, 0.25) is 0 Å². The Hall–Kier alpha value is -1.93. The van der Waals surface area contributed by atoms with Gasteiger partial charge in [-0.2, -0.15) is 0 Å². The average Bonchev–Trinajstić information content (AvgIpc) is 2.88. The third kappa shape index (κ3) is 4.52. The molecule has 6 nitrogen and oxygen atoms in total. The Morgan fingerprint density at radius 2 is 1.96 bits per heavy atom. The predicted octanol–water partition coefficient (Wildman–Crippen LogP) is 2.52. The number of hydrogen-bond acceptors (Lipinski definition) is 5. The van der Waals surface area contributed by atoms with Crippen molar-refractivity contribution in [3.63, 3.8) is 0 Å². The summed E-state index contributed by atoms with van der Waals surface area (Å²) in [6.45, 7) is 5.91. The van der Waals surface area contributed by atoms with Crippen molar-refractivity contribution in [2.45, 2.75) is 32.3 Å². The third-order valence-corrected chi connectivity index (χ3v) is 4.14. The highest BCUT2D eigenvalue weighted by Crippen LogP contribution is 2.14. The molecule has 0 aliphatic rings. The fraction of sp³-hybridized carbons (Fsp3) is 0.333. The summed E-state index contributed by atoms with van der Waals surface area (Å²) < 4.78 is 1.66. The molecule has 0 radical (unpaired) electrons. The van der Waals surface area contributed by atoms with Crippen molar-refractivity contribution in [1.82, 2.24) is 20.2 Å². The topological polar surface area (TPSA) is 71.8 Å². The zero-order valence-corrected chi connectivity index (χ0v) is 14.9. The first kappa shape index (κ1) is 17.4. The molecular weight excluding hydrogens is 330 g/mol. The molecule has 8 heteroatoms. The summed E-state index contributed by atoms with van der Waals surface area (Å²) in [4.78, 5) is 12.2. The number of carbonyl (C=O) groups excluding carboxylic acids is 1. The van der Waals surface area contributed by atoms with Gasteiger partial charge in [0.2, 0.25) is 5.16 Å². The highest BCUT2D eigenvalue weighted by molar-refractivity contribution is 7.99. The second kappa shape index (κ2) is 8.07. The minimum absolute atomic E-state index is 0.204. The monoisotopic (exact) mass is 349 g/mol. The first-order valence-electron chi connectivity index (χ1n) is 7.31. The van der Waals surface area contributed by atoms with E-state index in [0.717, 1.165) is 12.2 Å². The molecule has 2 rings (SSSR count). The first-order valence-corrected chi connectivity index (χ1v) is 8.70. The SMILES string of the molecule is CCSc1nnc(C)n1NC(=S)NC(=O)c1ccc(CC)cc1. The van der Waals surface area contributed by atoms with Crippen LogP contribution in [0.5, 0.6) is 0 Å². The number of carbonyl (C=O) groups is 1. The standard InChI is InChI=1S/C15H19N5OS2/c1-4-11-6-8-12(9-7-11)13(21)16-14(22)19-20-10(3)17-18-15(20)23-5-2/h6-9H,4-5H2,1-3H3,(H2,16,19,21,22). The summed E-state index contributed by atoms with van der Waals surface area (Å²) in [5, 5.41) is 11.6. The van der Waals surface area contributed by atoms with Gasteiger partial charge in [0.1, 0.15) is 5.82 Å². The van der Waals surface area contributed by atoms with Crippen molar-refractivity contribution in [3.8, 4) is 0 Å². The number of aryl methyl sites for hydroxylation is 2. The number of benzene rings is 1. The molecule has 1 amide bonds. The molecule has 122 valence electrons. The van der Waals surface area contributed by atoms with Gasteiger partial charge in [-0.15, -0.1) is 10.2 Å². The Morgan fingerprint density at radius 3 is 2.57 bits per heavy atom. The van der Waals surface area contributed by atoms with Crippen LogP contribution in [0.1, 0.15) is 35.6 Å². The molecular formula is C15H19N5OS2. The fourth-order valence-electron chi connectivity index (χ4n) is 1.89. The number of hydrogen-bond donors (Lipinski definition) is 2. The molecule has 2 aromatic rings. The Kier molecular flexibility index (Phi) is 6.12. The molecule has 0 fully saturated rings. The van der Waals surface area contributed by atoms with Gasteiger partial charge in [-0.3, -0.25) is 15.5 Å². The number of amides is 1. The maximum atomic E-state index is 12.2. The Labute approximate surface area is 145 Å². The number of nitrogens with one attached hydrogen (secondary N) is 2. The summed E-state index contributed by atoms with van der Waals surface area (Å²) in [6.07, 6.45) is 0.937. The highest BCUT2D eigenvalue weighted by atomic mass is 32.2. The lowest BCUT2D eigenvalue weighted by molar-refractivity contribution is 0.0977. The fourth-order valence-corrected chi connectivity index (χ4v) is 2.74. The second-order valence-corrected chi connectivity index (χ2v) is 6.38. The van der Waals surface area contributed by atoms with Crippen LogP contribution in [0.4, 0.5) is 0 Å². The van der Waals surface area contributed by atoms with Crippen LogP contribution in [0.15, 0.2) is 29.4 Å². The molecule has 0 bridgehead atoms. The lowest BCUT2D eigenvalue weighted by Crippen LogP contribution is -2.38. The largest absolute Gasteiger partial charge is 0.298 e. The number of thiocarbonyl (C=S) groups is 1. The summed E-state index contributed by atoms with van der Waals surface area (Å²) >= 11 is 6.74. The molecule has 1 heterocycles. The van der Waals surface area contributed by atoms with E-state index in [-0.39, 0.29) is 11.0 Å². The van der Waals surface area contributed by atoms with Crippen LogP contribution in [0, 0.1) is 6.92 Å². The minimum atomic E-state index is -0.249. The van der Waals surface area contributed by atoms with E-state index >= 15 is 0 Å². The molecule has 2 N–H and O–H groups in total. The minimum Gasteiger partial charge on any atom is -0.298 e. The van der Waals surface area contributed by atoms with E-state index in [0.29, 0.717) is 16.5 Å². The van der Waals surface area contributed by atoms with Gasteiger partial charge >= 0.3 is 0 Å². The maximum absolute atomic E-state index is 12.2. The zero-order valence-electron chi connectivity index (χ0n) is 13.3. The van der Waals surface area contributed by atoms with Crippen molar-refractivity contribution in [2.75, 3.05) is 11.2 Å². The zero-order chi connectivity index (χ0) is 16.8. The molecule has 1 aromatic carbocycles. The smallest absolute Gasteiger partial charge is 0.257 e. The Bertz CT molecular complexity index is 696. The lowest BCUT2D eigenvalue weighted by Gasteiger charge is -2.12. The summed E-state index contributed by atoms with van der Waals surface area (Å²) in [5.74, 6) is 1.29. The second-order valence-electron chi connectivity index (χ2n) is 4.74. The average molecular weight is 349 g/mol. The van der Waals surface area contributed by atoms with Crippen molar-refractivity contribution in [2.24, 2.45) is 0 Å². The molecule has 0 atom stereocenters. The first-order chi connectivity index (χ1) is 11.0. The van der Waals surface area contributed by atoms with Gasteiger partial charge in [-0.05, 0) is 49.0 Å². The van der Waals surface area contributed by atoms with Crippen molar-refractivity contribution in [3.05, 3.63) is 41.2 Å². The van der Waals surface area contributed by atoms with E-state index in [1.807, 2.05) is 26.0 Å². The lowest BCUT2D eigenvalue weighted by atomic mass is 10.1. The van der Waals surface area contributed by atoms with Crippen molar-refractivity contribution < 1.29 is 4.79 Å². The molecule has 0 spiro atoms. The highest BCUT2D eigenvalue weighted by Gasteiger charge is 2.12. The van der Waals surface area contributed by atoms with E-state index in [4.69, 9.17) is 12.2 Å². The van der Waals surface area contributed by atoms with Gasteiger partial charge in [-0.25, -0.2) is 4.68 Å². The van der Waals surface area contributed by atoms with Crippen LogP contribution in [0.3, 0.4) is 0 Å². The van der Waals surface area contributed by atoms with E-state index in [9.17, 15) is 4.79 Å². The van der Waals surface area contributed by atoms with Gasteiger partial charge in [0, 0.05) is 5.56 Å². The van der Waals surface area contributed by atoms with Gasteiger partial charge in [0.05, 0.1) is 0 Å². The quantitative estimate of drug-likeness (QED) is 0.638. The number of nitrogens with zero attached hydrogens (tertiary/aromatic N) is 3. The van der Waals surface area contributed by atoms with Crippen LogP contribution < -0.4 is 10.7 Å². The number of aromatic nitrogens is 3. The number of thioether (sulfide) groups is 1.